The molecule has 132 valence electrons. The van der Waals surface area contributed by atoms with E-state index in [-0.39, 0.29) is 10.6 Å². The van der Waals surface area contributed by atoms with Crippen LogP contribution in [0.2, 0.25) is 0 Å². The van der Waals surface area contributed by atoms with E-state index in [1.807, 2.05) is 36.4 Å². The fraction of sp³-hybridized carbons (Fsp3) is 0. The first-order valence-electron chi connectivity index (χ1n) is 8.21. The van der Waals surface area contributed by atoms with Crippen LogP contribution >= 0.6 is 32.4 Å². The van der Waals surface area contributed by atoms with Gasteiger partial charge in [0.1, 0.15) is 4.88 Å². The molecule has 27 heavy (non-hydrogen) atoms. The van der Waals surface area contributed by atoms with Crippen molar-refractivity contribution in [3.63, 3.8) is 0 Å². The van der Waals surface area contributed by atoms with Crippen LogP contribution < -0.4 is 0 Å². The third-order valence-corrected chi connectivity index (χ3v) is 8.00. The van der Waals surface area contributed by atoms with Crippen molar-refractivity contribution < 1.29 is 4.92 Å². The Morgan fingerprint density at radius 3 is 2.00 bits per heavy atom. The van der Waals surface area contributed by atoms with Crippen molar-refractivity contribution in [3.05, 3.63) is 95.0 Å². The maximum Gasteiger partial charge on any atom is 0.309 e. The van der Waals surface area contributed by atoms with Crippen LogP contribution in [0, 0.1) is 10.1 Å². The van der Waals surface area contributed by atoms with Gasteiger partial charge in [-0.15, -0.1) is 0 Å². The minimum atomic E-state index is -0.370. The van der Waals surface area contributed by atoms with Crippen molar-refractivity contribution in [2.24, 2.45) is 0 Å². The summed E-state index contributed by atoms with van der Waals surface area (Å²) in [5.74, 6) is 0. The molecule has 0 bridgehead atoms. The van der Waals surface area contributed by atoms with Crippen molar-refractivity contribution in [2.45, 2.75) is 9.10 Å². The lowest BCUT2D eigenvalue weighted by Gasteiger charge is -2.03. The van der Waals surface area contributed by atoms with E-state index in [1.54, 1.807) is 44.6 Å². The van der Waals surface area contributed by atoms with E-state index in [2.05, 4.69) is 36.4 Å². The highest BCUT2D eigenvalue weighted by Crippen LogP contribution is 2.49. The van der Waals surface area contributed by atoms with Crippen LogP contribution in [-0.2, 0) is 0 Å². The highest BCUT2D eigenvalue weighted by atomic mass is 32.9. The number of rotatable bonds is 5. The summed E-state index contributed by atoms with van der Waals surface area (Å²) >= 11 is 1.65. The second-order valence-corrected chi connectivity index (χ2v) is 9.24. The Morgan fingerprint density at radius 1 is 0.815 bits per heavy atom. The Balaban J connectivity index is 1.77. The summed E-state index contributed by atoms with van der Waals surface area (Å²) in [6.07, 6.45) is 0. The quantitative estimate of drug-likeness (QED) is 0.149. The van der Waals surface area contributed by atoms with Crippen LogP contribution in [0.1, 0.15) is 0 Å². The average Bonchev–Trinajstić information content (AvgIpc) is 3.13. The summed E-state index contributed by atoms with van der Waals surface area (Å²) < 4.78 is 1.19. The van der Waals surface area contributed by atoms with Gasteiger partial charge in [0, 0.05) is 17.0 Å². The molecule has 0 spiro atoms. The zero-order valence-electron chi connectivity index (χ0n) is 14.1. The third kappa shape index (κ3) is 3.93. The van der Waals surface area contributed by atoms with Gasteiger partial charge in [0.2, 0.25) is 0 Å². The number of nitro benzene ring substituents is 1. The molecule has 3 nitrogen and oxygen atoms in total. The molecule has 0 unspecified atom stereocenters. The maximum atomic E-state index is 10.9. The lowest BCUT2D eigenvalue weighted by atomic mass is 10.0. The molecule has 0 aliphatic rings. The zero-order valence-corrected chi connectivity index (χ0v) is 16.5. The summed E-state index contributed by atoms with van der Waals surface area (Å²) in [7, 11) is 3.51. The van der Waals surface area contributed by atoms with Crippen molar-refractivity contribution in [1.82, 2.24) is 0 Å². The molecule has 0 N–H and O–H groups in total. The van der Waals surface area contributed by atoms with E-state index in [9.17, 15) is 10.1 Å². The van der Waals surface area contributed by atoms with Gasteiger partial charge in [0.25, 0.3) is 9.90 Å². The number of hydrogen-bond donors (Lipinski definition) is 0. The van der Waals surface area contributed by atoms with Gasteiger partial charge in [-0.1, -0.05) is 60.7 Å². The first-order valence-corrected chi connectivity index (χ1v) is 11.2. The molecule has 0 atom stereocenters. The Bertz CT molecular complexity index is 1060. The molecule has 4 aromatic rings. The van der Waals surface area contributed by atoms with Gasteiger partial charge in [0.15, 0.2) is 10.3 Å². The predicted octanol–water partition coefficient (Wildman–Crippen LogP) is 7.48. The second kappa shape index (κ2) is 8.00. The fourth-order valence-corrected chi connectivity index (χ4v) is 6.94. The van der Waals surface area contributed by atoms with Gasteiger partial charge in [0.05, 0.1) is 10.5 Å². The molecule has 0 saturated carbocycles. The average molecular weight is 409 g/mol. The van der Waals surface area contributed by atoms with Crippen molar-refractivity contribution >= 4 is 38.1 Å². The molecular formula is C21H14NO2S3+. The molecule has 6 heteroatoms. The SMILES string of the molecule is O=[N+]([O-])c1ccc(Sc2[s+]sc(-c3ccccc3)c2-c2ccccc2)cc1. The van der Waals surface area contributed by atoms with E-state index >= 15 is 0 Å². The van der Waals surface area contributed by atoms with Crippen LogP contribution in [0.15, 0.2) is 94.0 Å². The lowest BCUT2D eigenvalue weighted by Crippen LogP contribution is -1.86. The molecule has 0 aliphatic heterocycles. The smallest absolute Gasteiger partial charge is 0.258 e. The number of non-ortho nitro benzene ring substituents is 1. The summed E-state index contributed by atoms with van der Waals surface area (Å²) in [5.41, 5.74) is 3.72. The minimum absolute atomic E-state index is 0.113. The van der Waals surface area contributed by atoms with Gasteiger partial charge in [-0.3, -0.25) is 10.1 Å². The number of nitro groups is 1. The van der Waals surface area contributed by atoms with E-state index in [4.69, 9.17) is 0 Å². The molecule has 0 fully saturated rings. The molecule has 1 heterocycles. The number of hydrogen-bond acceptors (Lipinski definition) is 4. The van der Waals surface area contributed by atoms with Crippen LogP contribution in [0.4, 0.5) is 5.69 Å². The second-order valence-electron chi connectivity index (χ2n) is 5.74. The molecule has 0 saturated heterocycles. The molecule has 4 rings (SSSR count). The zero-order chi connectivity index (χ0) is 18.6. The maximum absolute atomic E-state index is 10.9. The molecule has 3 aromatic carbocycles. The monoisotopic (exact) mass is 408 g/mol. The van der Waals surface area contributed by atoms with Crippen LogP contribution in [0.5, 0.6) is 0 Å². The molecule has 0 aliphatic carbocycles. The van der Waals surface area contributed by atoms with Crippen LogP contribution in [0.3, 0.4) is 0 Å². The first-order chi connectivity index (χ1) is 13.2. The summed E-state index contributed by atoms with van der Waals surface area (Å²) in [4.78, 5) is 12.7. The molecule has 0 amide bonds. The summed E-state index contributed by atoms with van der Waals surface area (Å²) in [6, 6.07) is 27.5. The fourth-order valence-electron chi connectivity index (χ4n) is 2.70. The Morgan fingerprint density at radius 2 is 1.41 bits per heavy atom. The van der Waals surface area contributed by atoms with E-state index < -0.39 is 0 Å². The summed E-state index contributed by atoms with van der Waals surface area (Å²) in [6.45, 7) is 0. The highest BCUT2D eigenvalue weighted by molar-refractivity contribution is 8.03. The lowest BCUT2D eigenvalue weighted by molar-refractivity contribution is -0.384. The van der Waals surface area contributed by atoms with Gasteiger partial charge < -0.3 is 0 Å². The van der Waals surface area contributed by atoms with Crippen molar-refractivity contribution in [3.8, 4) is 21.6 Å². The number of benzene rings is 3. The topological polar surface area (TPSA) is 43.1 Å². The van der Waals surface area contributed by atoms with Crippen molar-refractivity contribution in [1.29, 1.82) is 0 Å². The van der Waals surface area contributed by atoms with Crippen LogP contribution in [0.25, 0.3) is 21.6 Å². The third-order valence-electron chi connectivity index (χ3n) is 3.99. The molecule has 0 radical (unpaired) electrons. The van der Waals surface area contributed by atoms with Gasteiger partial charge >= 0.3 is 10.3 Å². The van der Waals surface area contributed by atoms with Crippen LogP contribution in [-0.4, -0.2) is 4.92 Å². The van der Waals surface area contributed by atoms with E-state index in [0.717, 1.165) is 4.90 Å². The predicted molar refractivity (Wildman–Crippen MR) is 115 cm³/mol. The van der Waals surface area contributed by atoms with E-state index in [1.165, 1.54) is 25.8 Å². The van der Waals surface area contributed by atoms with Gasteiger partial charge in [-0.05, 0) is 35.0 Å². The Kier molecular flexibility index (Phi) is 5.29. The highest BCUT2D eigenvalue weighted by Gasteiger charge is 2.27. The minimum Gasteiger partial charge on any atom is -0.258 e. The Labute approximate surface area is 168 Å². The van der Waals surface area contributed by atoms with Gasteiger partial charge in [-0.2, -0.15) is 0 Å². The standard InChI is InChI=1S/C21H14NO2S3/c23-22(24)17-11-13-18(14-12-17)25-21-19(15-7-3-1-4-8-15)20(26-27-21)16-9-5-2-6-10-16/h1-14H/q+1. The normalized spacial score (nSPS) is 10.7. The largest absolute Gasteiger partial charge is 0.309 e. The molecular weight excluding hydrogens is 394 g/mol. The van der Waals surface area contributed by atoms with Crippen molar-refractivity contribution in [2.75, 3.05) is 0 Å². The summed E-state index contributed by atoms with van der Waals surface area (Å²) in [5, 5.41) is 10.9. The van der Waals surface area contributed by atoms with Gasteiger partial charge in [-0.25, -0.2) is 0 Å². The molecule has 1 aromatic heterocycles. The first kappa shape index (κ1) is 17.9. The number of nitrogens with zero attached hydrogens (tertiary/aromatic N) is 1. The van der Waals surface area contributed by atoms with E-state index in [0.29, 0.717) is 0 Å². The Hall–Kier alpha value is -2.54.